The van der Waals surface area contributed by atoms with Crippen LogP contribution in [0.5, 0.6) is 0 Å². The highest BCUT2D eigenvalue weighted by molar-refractivity contribution is 5.77. The van der Waals surface area contributed by atoms with Crippen LogP contribution in [0.3, 0.4) is 0 Å². The molecule has 25 nitrogen and oxygen atoms in total. The molecule has 0 aromatic carbocycles. The second-order valence-electron chi connectivity index (χ2n) is 26.1. The summed E-state index contributed by atoms with van der Waals surface area (Å²) >= 11 is 0. The van der Waals surface area contributed by atoms with Gasteiger partial charge in [-0.2, -0.15) is 0 Å². The Balaban J connectivity index is 0.971. The Labute approximate surface area is 457 Å². The molecule has 0 radical (unpaired) electrons. The van der Waals surface area contributed by atoms with Crippen molar-refractivity contribution in [3.8, 4) is 0 Å². The second kappa shape index (κ2) is 22.0. The first-order valence-corrected chi connectivity index (χ1v) is 27.9. The molecule has 0 bridgehead atoms. The summed E-state index contributed by atoms with van der Waals surface area (Å²) in [5, 5.41) is 162. The third-order valence-corrected chi connectivity index (χ3v) is 21.9. The Morgan fingerprint density at radius 3 is 1.77 bits per heavy atom. The first kappa shape index (κ1) is 61.4. The Morgan fingerprint density at radius 1 is 0.582 bits per heavy atom. The van der Waals surface area contributed by atoms with Gasteiger partial charge in [0.15, 0.2) is 25.0 Å². The van der Waals surface area contributed by atoms with Crippen molar-refractivity contribution in [2.45, 2.75) is 241 Å². The van der Waals surface area contributed by atoms with E-state index in [-0.39, 0.29) is 36.0 Å². The van der Waals surface area contributed by atoms with E-state index in [9.17, 15) is 86.2 Å². The van der Waals surface area contributed by atoms with Crippen molar-refractivity contribution in [2.24, 2.45) is 50.2 Å². The smallest absolute Gasteiger partial charge is 0.335 e. The Kier molecular flexibility index (Phi) is 17.1. The van der Waals surface area contributed by atoms with Crippen LogP contribution in [0.15, 0.2) is 11.6 Å². The van der Waals surface area contributed by atoms with E-state index < -0.39 is 194 Å². The molecule has 5 aliphatic carbocycles. The van der Waals surface area contributed by atoms with Crippen molar-refractivity contribution in [3.05, 3.63) is 11.6 Å². The molecule has 0 amide bonds. The number of carboxylic acids is 1. The number of aliphatic hydroxyl groups is 14. The number of ether oxygens (including phenoxy) is 8. The van der Waals surface area contributed by atoms with E-state index in [0.29, 0.717) is 38.5 Å². The largest absolute Gasteiger partial charge is 0.479 e. The minimum Gasteiger partial charge on any atom is -0.479 e. The number of hydrogen-bond acceptors (Lipinski definition) is 24. The highest BCUT2D eigenvalue weighted by Crippen LogP contribution is 2.76. The van der Waals surface area contributed by atoms with Crippen LogP contribution >= 0.6 is 0 Å². The highest BCUT2D eigenvalue weighted by Gasteiger charge is 2.71. The van der Waals surface area contributed by atoms with Gasteiger partial charge in [0, 0.05) is 10.8 Å². The van der Waals surface area contributed by atoms with Gasteiger partial charge in [0.2, 0.25) is 6.29 Å². The molecule has 4 aliphatic heterocycles. The van der Waals surface area contributed by atoms with Gasteiger partial charge in [-0.1, -0.05) is 46.3 Å². The fourth-order valence-electron chi connectivity index (χ4n) is 16.5. The topological polar surface area (TPSA) is 411 Å². The summed E-state index contributed by atoms with van der Waals surface area (Å²) in [5.41, 5.74) is -3.09. The van der Waals surface area contributed by atoms with E-state index in [1.54, 1.807) is 6.92 Å². The second-order valence-corrected chi connectivity index (χ2v) is 26.1. The fraction of sp³-hybridized carbons (Fsp3) is 0.926. The van der Waals surface area contributed by atoms with Gasteiger partial charge >= 0.3 is 11.9 Å². The zero-order chi connectivity index (χ0) is 58.0. The minimum atomic E-state index is -2.13. The summed E-state index contributed by atoms with van der Waals surface area (Å²) in [4.78, 5) is 26.8. The third-order valence-electron chi connectivity index (χ3n) is 21.9. The molecule has 8 fully saturated rings. The third kappa shape index (κ3) is 9.76. The molecule has 4 saturated heterocycles. The van der Waals surface area contributed by atoms with Crippen LogP contribution in [0.4, 0.5) is 0 Å². The van der Waals surface area contributed by atoms with Crippen molar-refractivity contribution in [2.75, 3.05) is 19.8 Å². The predicted molar refractivity (Wildman–Crippen MR) is 265 cm³/mol. The highest BCUT2D eigenvalue weighted by atomic mass is 16.8. The number of carbonyl (C=O) groups excluding carboxylic acids is 1. The zero-order valence-corrected chi connectivity index (χ0v) is 45.8. The molecule has 0 spiro atoms. The molecular weight excluding hydrogens is 1050 g/mol. The predicted octanol–water partition coefficient (Wildman–Crippen LogP) is -2.97. The molecule has 79 heavy (non-hydrogen) atoms. The first-order valence-electron chi connectivity index (χ1n) is 27.9. The molecule has 31 atom stereocenters. The first-order chi connectivity index (χ1) is 36.9. The summed E-state index contributed by atoms with van der Waals surface area (Å²) in [7, 11) is 0. The van der Waals surface area contributed by atoms with Gasteiger partial charge in [-0.3, -0.25) is 4.79 Å². The van der Waals surface area contributed by atoms with E-state index in [1.807, 2.05) is 6.92 Å². The molecular formula is C54H86O25. The SMILES string of the molecule is CC1OC(OC2C(OC3C(OC4CCC5(C)C(CCC6(C)C5CC=C5C7CC(C)(C(=O)OC8OC(CO)C(O)C(O)C8O)CC(O)C7(C)CCC56C)C4(C)CO)OC(C(=O)O)C(O)C3O)OC(CO)C(O)C2O)C(O)C(O)C1O. The number of carbonyl (C=O) groups is 2. The lowest BCUT2D eigenvalue weighted by molar-refractivity contribution is -0.396. The lowest BCUT2D eigenvalue weighted by Crippen LogP contribution is -2.68. The number of aliphatic carboxylic acids is 1. The Bertz CT molecular complexity index is 2240. The lowest BCUT2D eigenvalue weighted by atomic mass is 9.33. The molecule has 15 N–H and O–H groups in total. The van der Waals surface area contributed by atoms with Crippen LogP contribution < -0.4 is 0 Å². The molecule has 452 valence electrons. The van der Waals surface area contributed by atoms with Crippen molar-refractivity contribution in [1.29, 1.82) is 0 Å². The van der Waals surface area contributed by atoms with Crippen LogP contribution in [0.1, 0.15) is 106 Å². The van der Waals surface area contributed by atoms with Crippen LogP contribution in [0.25, 0.3) is 0 Å². The van der Waals surface area contributed by atoms with Gasteiger partial charge in [-0.25, -0.2) is 4.79 Å². The number of fused-ring (bicyclic) bond motifs is 7. The standard InChI is InChI=1S/C54H86O25/c1-21-30(59)33(62)38(67)44(72-21)77-41-35(64)32(61)25(19-56)74-46(41)78-42-37(66)36(65)40(43(69)70)76-47(42)75-29-11-12-51(4)26(52(29,5)20-57)10-13-54(7)27(51)9-8-22-23-16-49(2,17-28(58)50(23,3)14-15-53(22,54)6)48(71)79-45-39(68)34(63)31(60)24(18-55)73-45/h8,21,23-42,44-47,55-68H,9-20H2,1-7H3,(H,69,70). The van der Waals surface area contributed by atoms with Gasteiger partial charge in [0.05, 0.1) is 43.5 Å². The maximum Gasteiger partial charge on any atom is 0.335 e. The van der Waals surface area contributed by atoms with E-state index in [4.69, 9.17) is 37.9 Å². The van der Waals surface area contributed by atoms with Gasteiger partial charge in [0.1, 0.15) is 85.5 Å². The van der Waals surface area contributed by atoms with E-state index in [0.717, 1.165) is 12.0 Å². The summed E-state index contributed by atoms with van der Waals surface area (Å²) in [6.07, 6.45) is -30.5. The summed E-state index contributed by atoms with van der Waals surface area (Å²) in [5.74, 6) is -2.91. The van der Waals surface area contributed by atoms with Crippen LogP contribution in [-0.2, 0) is 47.5 Å². The molecule has 0 aromatic rings. The van der Waals surface area contributed by atoms with E-state index in [2.05, 4.69) is 33.8 Å². The number of esters is 1. The number of hydrogen-bond donors (Lipinski definition) is 15. The van der Waals surface area contributed by atoms with Crippen LogP contribution in [-0.4, -0.2) is 243 Å². The maximum atomic E-state index is 14.3. The molecule has 0 aromatic heterocycles. The van der Waals surface area contributed by atoms with Gasteiger partial charge in [0.25, 0.3) is 0 Å². The van der Waals surface area contributed by atoms with Gasteiger partial charge in [-0.05, 0) is 106 Å². The average Bonchev–Trinajstić information content (AvgIpc) is 3.52. The number of rotatable bonds is 12. The summed E-state index contributed by atoms with van der Waals surface area (Å²) in [6, 6.07) is 0. The Hall–Kier alpha value is -2.16. The molecule has 25 heteroatoms. The quantitative estimate of drug-likeness (QED) is 0.0527. The van der Waals surface area contributed by atoms with Crippen molar-refractivity contribution in [1.82, 2.24) is 0 Å². The van der Waals surface area contributed by atoms with Crippen molar-refractivity contribution < 1.29 is 124 Å². The number of carboxylic acid groups (broad SMARTS) is 1. The summed E-state index contributed by atoms with van der Waals surface area (Å²) < 4.78 is 47.5. The Morgan fingerprint density at radius 2 is 1.15 bits per heavy atom. The van der Waals surface area contributed by atoms with Crippen LogP contribution in [0.2, 0.25) is 0 Å². The lowest BCUT2D eigenvalue weighted by Gasteiger charge is -2.71. The normalized spacial score (nSPS) is 55.7. The monoisotopic (exact) mass is 1130 g/mol. The fourth-order valence-corrected chi connectivity index (χ4v) is 16.5. The van der Waals surface area contributed by atoms with Gasteiger partial charge < -0.3 is 114 Å². The average molecular weight is 1140 g/mol. The molecule has 4 saturated carbocycles. The maximum absolute atomic E-state index is 14.3. The minimum absolute atomic E-state index is 0.0239. The summed E-state index contributed by atoms with van der Waals surface area (Å²) in [6.45, 7) is 11.8. The molecule has 9 rings (SSSR count). The molecule has 4 heterocycles. The number of aliphatic hydroxyl groups excluding tert-OH is 14. The van der Waals surface area contributed by atoms with Crippen molar-refractivity contribution >= 4 is 11.9 Å². The number of allylic oxidation sites excluding steroid dienone is 2. The molecule has 9 aliphatic rings. The van der Waals surface area contributed by atoms with E-state index >= 15 is 0 Å². The van der Waals surface area contributed by atoms with E-state index in [1.165, 1.54) is 6.92 Å². The van der Waals surface area contributed by atoms with Crippen LogP contribution in [0, 0.1) is 50.2 Å². The van der Waals surface area contributed by atoms with Gasteiger partial charge in [-0.15, -0.1) is 0 Å². The molecule has 31 unspecified atom stereocenters. The zero-order valence-electron chi connectivity index (χ0n) is 45.8. The van der Waals surface area contributed by atoms with Crippen molar-refractivity contribution in [3.63, 3.8) is 0 Å².